The van der Waals surface area contributed by atoms with E-state index >= 15 is 0 Å². The fourth-order valence-electron chi connectivity index (χ4n) is 0.611. The lowest BCUT2D eigenvalue weighted by Gasteiger charge is -2.27. The van der Waals surface area contributed by atoms with Crippen LogP contribution in [0.2, 0.25) is 0 Å². The van der Waals surface area contributed by atoms with Crippen LogP contribution in [-0.4, -0.2) is 31.4 Å². The molecule has 0 aliphatic rings. The van der Waals surface area contributed by atoms with Gasteiger partial charge in [-0.15, -0.1) is 0 Å². The number of halogens is 7. The van der Waals surface area contributed by atoms with Gasteiger partial charge in [-0.25, -0.2) is 8.78 Å². The molecule has 0 saturated carbocycles. The maximum atomic E-state index is 12.3. The van der Waals surface area contributed by atoms with Gasteiger partial charge in [-0.05, 0) is 0 Å². The van der Waals surface area contributed by atoms with E-state index < -0.39 is 37.8 Å². The molecule has 7 heteroatoms. The van der Waals surface area contributed by atoms with Gasteiger partial charge < -0.3 is 0 Å². The van der Waals surface area contributed by atoms with E-state index in [1.54, 1.807) is 0 Å². The van der Waals surface area contributed by atoms with Crippen molar-refractivity contribution in [1.82, 2.24) is 0 Å². The molecule has 0 spiro atoms. The molecule has 0 amide bonds. The van der Waals surface area contributed by atoms with E-state index in [-0.39, 0.29) is 0 Å². The molecule has 0 aliphatic heterocycles. The molecule has 0 rings (SSSR count). The van der Waals surface area contributed by atoms with E-state index in [9.17, 15) is 30.7 Å². The minimum atomic E-state index is -5.16. The normalized spacial score (nSPS) is 15.9. The van der Waals surface area contributed by atoms with Crippen LogP contribution in [0.1, 0.15) is 6.42 Å². The molecule has 0 aromatic heterocycles. The maximum Gasteiger partial charge on any atom is 0.343 e. The van der Waals surface area contributed by atoms with Crippen molar-refractivity contribution in [3.8, 4) is 0 Å². The Labute approximate surface area is 69.7 Å². The lowest BCUT2D eigenvalue weighted by Crippen LogP contribution is -2.49. The summed E-state index contributed by atoms with van der Waals surface area (Å²) in [7, 11) is 0. The zero-order valence-corrected chi connectivity index (χ0v) is 6.34. The van der Waals surface area contributed by atoms with Crippen LogP contribution in [0.4, 0.5) is 30.7 Å². The molecule has 0 aromatic carbocycles. The highest BCUT2D eigenvalue weighted by molar-refractivity contribution is 4.90. The largest absolute Gasteiger partial charge is 0.343 e. The molecule has 1 atom stereocenters. The van der Waals surface area contributed by atoms with Crippen molar-refractivity contribution in [1.29, 1.82) is 0 Å². The highest BCUT2D eigenvalue weighted by Crippen LogP contribution is 2.40. The first-order chi connectivity index (χ1) is 5.79. The van der Waals surface area contributed by atoms with Gasteiger partial charge in [0.15, 0.2) is 6.17 Å². The van der Waals surface area contributed by atoms with Crippen molar-refractivity contribution in [3.63, 3.8) is 0 Å². The molecule has 0 bridgehead atoms. The number of rotatable bonds is 5. The summed E-state index contributed by atoms with van der Waals surface area (Å²) in [5, 5.41) is 0. The summed E-state index contributed by atoms with van der Waals surface area (Å²) in [6.07, 6.45) is -5.42. The monoisotopic (exact) mass is 212 g/mol. The van der Waals surface area contributed by atoms with E-state index in [4.69, 9.17) is 0 Å². The number of hydrogen-bond acceptors (Lipinski definition) is 0. The highest BCUT2D eigenvalue weighted by Gasteiger charge is 2.61. The van der Waals surface area contributed by atoms with Gasteiger partial charge >= 0.3 is 11.8 Å². The molecule has 0 nitrogen and oxygen atoms in total. The predicted molar refractivity (Wildman–Crippen MR) is 31.4 cm³/mol. The molecule has 80 valence electrons. The van der Waals surface area contributed by atoms with Crippen LogP contribution in [0, 0.1) is 0 Å². The first kappa shape index (κ1) is 12.5. The third-order valence-corrected chi connectivity index (χ3v) is 1.43. The Balaban J connectivity index is 4.58. The second-order valence-corrected chi connectivity index (χ2v) is 2.39. The summed E-state index contributed by atoms with van der Waals surface area (Å²) in [4.78, 5) is 0. The SMILES string of the molecule is FCCC(F)(F)C(F)(F)C(F)CF. The van der Waals surface area contributed by atoms with Crippen LogP contribution >= 0.6 is 0 Å². The summed E-state index contributed by atoms with van der Waals surface area (Å²) in [5.41, 5.74) is 0. The lowest BCUT2D eigenvalue weighted by molar-refractivity contribution is -0.244. The van der Waals surface area contributed by atoms with Gasteiger partial charge in [0, 0.05) is 6.42 Å². The van der Waals surface area contributed by atoms with E-state index in [0.29, 0.717) is 0 Å². The minimum Gasteiger partial charge on any atom is -0.251 e. The Morgan fingerprint density at radius 2 is 1.46 bits per heavy atom. The molecule has 0 heterocycles. The zero-order valence-electron chi connectivity index (χ0n) is 6.34. The van der Waals surface area contributed by atoms with Crippen LogP contribution in [0.3, 0.4) is 0 Å². The Morgan fingerprint density at radius 3 is 1.77 bits per heavy atom. The van der Waals surface area contributed by atoms with Crippen molar-refractivity contribution in [2.45, 2.75) is 24.4 Å². The second kappa shape index (κ2) is 4.15. The molecule has 0 saturated heterocycles. The summed E-state index contributed by atoms with van der Waals surface area (Å²) in [6.45, 7) is -3.95. The molecule has 13 heavy (non-hydrogen) atoms. The molecular formula is C6H7F7. The van der Waals surface area contributed by atoms with Crippen molar-refractivity contribution >= 4 is 0 Å². The number of hydrogen-bond donors (Lipinski definition) is 0. The Bertz CT molecular complexity index is 155. The van der Waals surface area contributed by atoms with Crippen LogP contribution in [0.15, 0.2) is 0 Å². The van der Waals surface area contributed by atoms with Crippen molar-refractivity contribution in [2.75, 3.05) is 13.3 Å². The topological polar surface area (TPSA) is 0 Å². The van der Waals surface area contributed by atoms with E-state index in [1.165, 1.54) is 0 Å². The molecule has 0 aromatic rings. The first-order valence-electron chi connectivity index (χ1n) is 3.31. The first-order valence-corrected chi connectivity index (χ1v) is 3.31. The Kier molecular flexibility index (Phi) is 3.99. The van der Waals surface area contributed by atoms with Crippen LogP contribution in [0.5, 0.6) is 0 Å². The van der Waals surface area contributed by atoms with Crippen LogP contribution in [0.25, 0.3) is 0 Å². The fourth-order valence-corrected chi connectivity index (χ4v) is 0.611. The molecule has 0 fully saturated rings. The standard InChI is InChI=1S/C6H7F7/c7-2-1-5(10,11)6(12,13)4(9)3-8/h4H,1-3H2. The van der Waals surface area contributed by atoms with Crippen molar-refractivity contribution in [3.05, 3.63) is 0 Å². The third kappa shape index (κ3) is 2.47. The smallest absolute Gasteiger partial charge is 0.251 e. The Hall–Kier alpha value is -0.490. The zero-order chi connectivity index (χ0) is 10.7. The van der Waals surface area contributed by atoms with Gasteiger partial charge in [0.05, 0.1) is 6.67 Å². The number of alkyl halides is 7. The summed E-state index contributed by atoms with van der Waals surface area (Å²) in [5.74, 6) is -10.0. The van der Waals surface area contributed by atoms with Gasteiger partial charge in [-0.2, -0.15) is 17.6 Å². The quantitative estimate of drug-likeness (QED) is 0.614. The van der Waals surface area contributed by atoms with Gasteiger partial charge in [-0.3, -0.25) is 4.39 Å². The Morgan fingerprint density at radius 1 is 1.00 bits per heavy atom. The molecular weight excluding hydrogens is 205 g/mol. The highest BCUT2D eigenvalue weighted by atomic mass is 19.3. The van der Waals surface area contributed by atoms with Gasteiger partial charge in [-0.1, -0.05) is 0 Å². The van der Waals surface area contributed by atoms with Gasteiger partial charge in [0.25, 0.3) is 0 Å². The predicted octanol–water partition coefficient (Wildman–Crippen LogP) is 2.92. The summed E-state index contributed by atoms with van der Waals surface area (Å²) in [6, 6.07) is 0. The van der Waals surface area contributed by atoms with E-state index in [1.807, 2.05) is 0 Å². The van der Waals surface area contributed by atoms with E-state index in [0.717, 1.165) is 0 Å². The maximum absolute atomic E-state index is 12.3. The lowest BCUT2D eigenvalue weighted by atomic mass is 10.1. The molecule has 0 N–H and O–H groups in total. The molecule has 0 aliphatic carbocycles. The third-order valence-electron chi connectivity index (χ3n) is 1.43. The average Bonchev–Trinajstić information content (AvgIpc) is 2.02. The second-order valence-electron chi connectivity index (χ2n) is 2.39. The van der Waals surface area contributed by atoms with E-state index in [2.05, 4.69) is 0 Å². The molecule has 0 radical (unpaired) electrons. The van der Waals surface area contributed by atoms with Gasteiger partial charge in [0.2, 0.25) is 0 Å². The molecule has 1 unspecified atom stereocenters. The van der Waals surface area contributed by atoms with Crippen molar-refractivity contribution in [2.24, 2.45) is 0 Å². The average molecular weight is 212 g/mol. The van der Waals surface area contributed by atoms with Gasteiger partial charge in [0.1, 0.15) is 6.67 Å². The van der Waals surface area contributed by atoms with Crippen molar-refractivity contribution < 1.29 is 30.7 Å². The summed E-state index contributed by atoms with van der Waals surface area (Å²) < 4.78 is 83.7. The van der Waals surface area contributed by atoms with Crippen LogP contribution in [-0.2, 0) is 0 Å². The minimum absolute atomic E-state index is 1.72. The summed E-state index contributed by atoms with van der Waals surface area (Å²) >= 11 is 0. The fraction of sp³-hybridized carbons (Fsp3) is 1.00. The van der Waals surface area contributed by atoms with Crippen LogP contribution < -0.4 is 0 Å².